The van der Waals surface area contributed by atoms with Crippen LogP contribution >= 0.6 is 0 Å². The van der Waals surface area contributed by atoms with Gasteiger partial charge in [0.15, 0.2) is 0 Å². The van der Waals surface area contributed by atoms with E-state index in [4.69, 9.17) is 4.52 Å². The maximum Gasteiger partial charge on any atom is 0.241 e. The van der Waals surface area contributed by atoms with Crippen molar-refractivity contribution in [3.05, 3.63) is 35.7 Å². The van der Waals surface area contributed by atoms with Crippen LogP contribution in [0, 0.1) is 6.92 Å². The zero-order valence-corrected chi connectivity index (χ0v) is 14.6. The fraction of sp³-hybridized carbons (Fsp3) is 0.556. The summed E-state index contributed by atoms with van der Waals surface area (Å²) >= 11 is 0. The predicted molar refractivity (Wildman–Crippen MR) is 92.5 cm³/mol. The van der Waals surface area contributed by atoms with Crippen LogP contribution in [0.5, 0.6) is 0 Å². The van der Waals surface area contributed by atoms with Crippen molar-refractivity contribution in [1.82, 2.24) is 19.9 Å². The van der Waals surface area contributed by atoms with Gasteiger partial charge in [0.2, 0.25) is 11.7 Å². The molecule has 6 nitrogen and oxygen atoms in total. The summed E-state index contributed by atoms with van der Waals surface area (Å²) in [6.45, 7) is 10.3. The summed E-state index contributed by atoms with van der Waals surface area (Å²) in [6.07, 6.45) is -0.286. The van der Waals surface area contributed by atoms with Crippen molar-refractivity contribution >= 4 is 0 Å². The zero-order valence-electron chi connectivity index (χ0n) is 14.6. The molecule has 1 aliphatic rings. The first kappa shape index (κ1) is 17.1. The topological polar surface area (TPSA) is 65.6 Å². The molecule has 130 valence electrons. The van der Waals surface area contributed by atoms with Gasteiger partial charge in [0.05, 0.1) is 12.6 Å². The molecule has 2 aromatic rings. The first-order valence-corrected chi connectivity index (χ1v) is 8.56. The normalized spacial score (nSPS) is 21.1. The van der Waals surface area contributed by atoms with Crippen LogP contribution in [0.15, 0.2) is 28.8 Å². The van der Waals surface area contributed by atoms with Crippen LogP contribution in [-0.4, -0.2) is 63.4 Å². The molecular weight excluding hydrogens is 304 g/mol. The Balaban J connectivity index is 1.61. The third-order valence-corrected chi connectivity index (χ3v) is 4.56. The fourth-order valence-corrected chi connectivity index (χ4v) is 3.27. The molecule has 1 N–H and O–H groups in total. The minimum absolute atomic E-state index is 0.286. The highest BCUT2D eigenvalue weighted by Crippen LogP contribution is 2.20. The van der Waals surface area contributed by atoms with Gasteiger partial charge in [-0.1, -0.05) is 29.4 Å². The van der Waals surface area contributed by atoms with Crippen LogP contribution < -0.4 is 0 Å². The van der Waals surface area contributed by atoms with Gasteiger partial charge < -0.3 is 9.63 Å². The van der Waals surface area contributed by atoms with Gasteiger partial charge in [0, 0.05) is 37.8 Å². The summed E-state index contributed by atoms with van der Waals surface area (Å²) < 4.78 is 5.45. The Kier molecular flexibility index (Phi) is 5.28. The van der Waals surface area contributed by atoms with Gasteiger partial charge in [-0.3, -0.25) is 9.80 Å². The molecule has 0 bridgehead atoms. The molecule has 6 heteroatoms. The van der Waals surface area contributed by atoms with Crippen molar-refractivity contribution < 1.29 is 9.63 Å². The number of aryl methyl sites for hydroxylation is 1. The Morgan fingerprint density at radius 2 is 2.12 bits per heavy atom. The van der Waals surface area contributed by atoms with Crippen molar-refractivity contribution in [2.24, 2.45) is 0 Å². The maximum absolute atomic E-state index is 9.57. The molecule has 1 fully saturated rings. The van der Waals surface area contributed by atoms with Crippen molar-refractivity contribution in [2.45, 2.75) is 39.5 Å². The third-order valence-electron chi connectivity index (χ3n) is 4.56. The minimum Gasteiger partial charge on any atom is -0.392 e. The highest BCUT2D eigenvalue weighted by molar-refractivity contribution is 5.58. The van der Waals surface area contributed by atoms with E-state index in [9.17, 15) is 5.11 Å². The standard InChI is InChI=1S/C18H26N4O2/c1-13-6-4-5-7-16(13)18-19-17(24-20-18)12-21-8-9-22(11-15(3)23)14(2)10-21/h4-7,14-15,23H,8-12H2,1-3H3/t14-,15+/m0/s1. The van der Waals surface area contributed by atoms with E-state index in [1.54, 1.807) is 0 Å². The van der Waals surface area contributed by atoms with Crippen LogP contribution in [0.1, 0.15) is 25.3 Å². The summed E-state index contributed by atoms with van der Waals surface area (Å²) in [5.74, 6) is 1.31. The van der Waals surface area contributed by atoms with Crippen LogP contribution in [0.2, 0.25) is 0 Å². The fourth-order valence-electron chi connectivity index (χ4n) is 3.27. The first-order valence-electron chi connectivity index (χ1n) is 8.56. The summed E-state index contributed by atoms with van der Waals surface area (Å²) in [4.78, 5) is 9.21. The Bertz CT molecular complexity index is 671. The molecule has 0 aliphatic carbocycles. The van der Waals surface area contributed by atoms with E-state index in [-0.39, 0.29) is 6.10 Å². The van der Waals surface area contributed by atoms with E-state index in [1.807, 2.05) is 25.1 Å². The van der Waals surface area contributed by atoms with Crippen LogP contribution in [-0.2, 0) is 6.54 Å². The van der Waals surface area contributed by atoms with Gasteiger partial charge in [-0.2, -0.15) is 4.98 Å². The number of benzene rings is 1. The first-order chi connectivity index (χ1) is 11.5. The largest absolute Gasteiger partial charge is 0.392 e. The lowest BCUT2D eigenvalue weighted by molar-refractivity contribution is 0.0385. The van der Waals surface area contributed by atoms with Gasteiger partial charge in [-0.05, 0) is 26.3 Å². The highest BCUT2D eigenvalue weighted by atomic mass is 16.5. The van der Waals surface area contributed by atoms with Gasteiger partial charge in [-0.25, -0.2) is 0 Å². The average Bonchev–Trinajstić information content (AvgIpc) is 2.98. The summed E-state index contributed by atoms with van der Waals surface area (Å²) in [7, 11) is 0. The number of hydrogen-bond donors (Lipinski definition) is 1. The molecule has 0 amide bonds. The van der Waals surface area contributed by atoms with Crippen molar-refractivity contribution in [3.8, 4) is 11.4 Å². The van der Waals surface area contributed by atoms with Gasteiger partial charge in [0.1, 0.15) is 0 Å². The van der Waals surface area contributed by atoms with E-state index in [2.05, 4.69) is 39.9 Å². The summed E-state index contributed by atoms with van der Waals surface area (Å²) in [5, 5.41) is 13.7. The van der Waals surface area contributed by atoms with E-state index in [1.165, 1.54) is 0 Å². The lowest BCUT2D eigenvalue weighted by atomic mass is 10.1. The molecule has 1 aromatic heterocycles. The second-order valence-electron chi connectivity index (χ2n) is 6.75. The third kappa shape index (κ3) is 4.01. The smallest absolute Gasteiger partial charge is 0.241 e. The molecule has 0 radical (unpaired) electrons. The molecule has 1 aliphatic heterocycles. The molecule has 0 saturated carbocycles. The second kappa shape index (κ2) is 7.42. The molecule has 24 heavy (non-hydrogen) atoms. The number of aliphatic hydroxyl groups is 1. The van der Waals surface area contributed by atoms with Crippen molar-refractivity contribution in [2.75, 3.05) is 26.2 Å². The van der Waals surface area contributed by atoms with E-state index < -0.39 is 0 Å². The van der Waals surface area contributed by atoms with Crippen LogP contribution in [0.4, 0.5) is 0 Å². The lowest BCUT2D eigenvalue weighted by Gasteiger charge is -2.39. The number of nitrogens with zero attached hydrogens (tertiary/aromatic N) is 4. The quantitative estimate of drug-likeness (QED) is 0.904. The highest BCUT2D eigenvalue weighted by Gasteiger charge is 2.25. The lowest BCUT2D eigenvalue weighted by Crippen LogP contribution is -2.53. The van der Waals surface area contributed by atoms with E-state index >= 15 is 0 Å². The molecule has 0 unspecified atom stereocenters. The van der Waals surface area contributed by atoms with Gasteiger partial charge in [-0.15, -0.1) is 0 Å². The average molecular weight is 330 g/mol. The number of hydrogen-bond acceptors (Lipinski definition) is 6. The SMILES string of the molecule is Cc1ccccc1-c1noc(CN2CCN(C[C@@H](C)O)[C@@H](C)C2)n1. The molecule has 0 spiro atoms. The van der Waals surface area contributed by atoms with Gasteiger partial charge in [0.25, 0.3) is 0 Å². The van der Waals surface area contributed by atoms with Crippen LogP contribution in [0.25, 0.3) is 11.4 Å². The Hall–Kier alpha value is -1.76. The van der Waals surface area contributed by atoms with E-state index in [0.29, 0.717) is 24.3 Å². The zero-order chi connectivity index (χ0) is 17.1. The predicted octanol–water partition coefficient (Wildman–Crippen LogP) is 1.93. The maximum atomic E-state index is 9.57. The molecule has 1 saturated heterocycles. The summed E-state index contributed by atoms with van der Waals surface area (Å²) in [6, 6.07) is 8.47. The number of aromatic nitrogens is 2. The minimum atomic E-state index is -0.286. The molecule has 3 rings (SSSR count). The Labute approximate surface area is 143 Å². The number of aliphatic hydroxyl groups excluding tert-OH is 1. The van der Waals surface area contributed by atoms with Crippen LogP contribution in [0.3, 0.4) is 0 Å². The molecule has 1 aromatic carbocycles. The molecule has 2 atom stereocenters. The molecular formula is C18H26N4O2. The summed E-state index contributed by atoms with van der Waals surface area (Å²) in [5.41, 5.74) is 2.16. The van der Waals surface area contributed by atoms with E-state index in [0.717, 1.165) is 37.3 Å². The van der Waals surface area contributed by atoms with Crippen molar-refractivity contribution in [1.29, 1.82) is 0 Å². The number of rotatable bonds is 5. The Morgan fingerprint density at radius 1 is 1.33 bits per heavy atom. The Morgan fingerprint density at radius 3 is 2.83 bits per heavy atom. The van der Waals surface area contributed by atoms with Gasteiger partial charge >= 0.3 is 0 Å². The monoisotopic (exact) mass is 330 g/mol. The van der Waals surface area contributed by atoms with Crippen molar-refractivity contribution in [3.63, 3.8) is 0 Å². The molecule has 2 heterocycles. The number of piperazine rings is 1. The number of β-amino-alcohol motifs (C(OH)–C–C–N with tert-alkyl or cyclic N) is 1. The second-order valence-corrected chi connectivity index (χ2v) is 6.75.